The van der Waals surface area contributed by atoms with Crippen LogP contribution in [0.1, 0.15) is 40.0 Å². The lowest BCUT2D eigenvalue weighted by Gasteiger charge is -2.21. The molecule has 1 unspecified atom stereocenters. The van der Waals surface area contributed by atoms with E-state index < -0.39 is 0 Å². The molecule has 0 fully saturated rings. The first-order chi connectivity index (χ1) is 12.4. The van der Waals surface area contributed by atoms with E-state index in [0.717, 1.165) is 24.9 Å². The third-order valence-electron chi connectivity index (χ3n) is 5.05. The Bertz CT molecular complexity index is 845. The molecular weight excluding hydrogens is 326 g/mol. The van der Waals surface area contributed by atoms with Crippen molar-refractivity contribution in [2.24, 2.45) is 0 Å². The van der Waals surface area contributed by atoms with Gasteiger partial charge in [0.2, 0.25) is 0 Å². The van der Waals surface area contributed by atoms with Crippen LogP contribution in [0, 0.1) is 6.92 Å². The number of aromatic nitrogens is 1. The molecule has 1 aromatic carbocycles. The average molecular weight is 353 g/mol. The van der Waals surface area contributed by atoms with Crippen molar-refractivity contribution in [3.63, 3.8) is 0 Å². The zero-order valence-electron chi connectivity index (χ0n) is 16.0. The third-order valence-corrected chi connectivity index (χ3v) is 5.05. The molecule has 0 aliphatic heterocycles. The topological polar surface area (TPSA) is 54.3 Å². The Balaban J connectivity index is 1.80. The zero-order valence-corrected chi connectivity index (χ0v) is 16.0. The van der Waals surface area contributed by atoms with E-state index in [0.29, 0.717) is 0 Å². The van der Waals surface area contributed by atoms with Crippen molar-refractivity contribution >= 4 is 5.91 Å². The minimum absolute atomic E-state index is 0.000357. The minimum Gasteiger partial charge on any atom is -0.348 e. The van der Waals surface area contributed by atoms with Crippen molar-refractivity contribution in [1.29, 1.82) is 0 Å². The van der Waals surface area contributed by atoms with Crippen LogP contribution in [0.4, 0.5) is 0 Å². The molecule has 1 aliphatic rings. The fraction of sp³-hybridized carbons (Fsp3) is 0.429. The fourth-order valence-electron chi connectivity index (χ4n) is 3.80. The maximum atomic E-state index is 12.9. The molecule has 0 spiro atoms. The van der Waals surface area contributed by atoms with E-state index >= 15 is 0 Å². The smallest absolute Gasteiger partial charge is 0.263 e. The molecule has 0 saturated heterocycles. The van der Waals surface area contributed by atoms with Gasteiger partial charge in [-0.3, -0.25) is 9.59 Å². The number of nitrogens with zero attached hydrogens (tertiary/aromatic N) is 2. The van der Waals surface area contributed by atoms with E-state index in [4.69, 9.17) is 0 Å². The highest BCUT2D eigenvalue weighted by Crippen LogP contribution is 2.22. The minimum atomic E-state index is -0.267. The van der Waals surface area contributed by atoms with Gasteiger partial charge in [0.25, 0.3) is 11.5 Å². The molecule has 0 radical (unpaired) electrons. The summed E-state index contributed by atoms with van der Waals surface area (Å²) < 4.78 is 1.66. The number of fused-ring (bicyclic) bond motifs is 1. The molecular formula is C21H27N3O2. The molecule has 1 heterocycles. The zero-order chi connectivity index (χ0) is 18.8. The number of hydrogen-bond acceptors (Lipinski definition) is 3. The lowest BCUT2D eigenvalue weighted by molar-refractivity contribution is 0.0935. The average Bonchev–Trinajstić information content (AvgIpc) is 2.96. The summed E-state index contributed by atoms with van der Waals surface area (Å²) in [5, 5.41) is 3.07. The van der Waals surface area contributed by atoms with Gasteiger partial charge in [-0.1, -0.05) is 24.3 Å². The maximum Gasteiger partial charge on any atom is 0.263 e. The molecule has 26 heavy (non-hydrogen) atoms. The second-order valence-electron chi connectivity index (χ2n) is 7.54. The summed E-state index contributed by atoms with van der Waals surface area (Å²) in [7, 11) is 3.95. The van der Waals surface area contributed by atoms with E-state index in [1.807, 2.05) is 51.0 Å². The van der Waals surface area contributed by atoms with Crippen LogP contribution in [0.15, 0.2) is 41.3 Å². The standard InChI is InChI=1S/C21H27N3O2/c1-14-9-10-24(15(2)13-23(3)4)21(26)19(14)20(25)22-18-11-16-7-5-6-8-17(16)12-18/h5-10,15,18H,11-13H2,1-4H3,(H,22,25). The molecule has 0 saturated carbocycles. The number of benzene rings is 1. The van der Waals surface area contributed by atoms with Gasteiger partial charge < -0.3 is 14.8 Å². The molecule has 0 bridgehead atoms. The van der Waals surface area contributed by atoms with Crippen LogP contribution in [0.2, 0.25) is 0 Å². The summed E-state index contributed by atoms with van der Waals surface area (Å²) in [5.74, 6) is -0.267. The van der Waals surface area contributed by atoms with Gasteiger partial charge in [0, 0.05) is 24.8 Å². The number of nitrogens with one attached hydrogen (secondary N) is 1. The van der Waals surface area contributed by atoms with Crippen LogP contribution in [0.3, 0.4) is 0 Å². The molecule has 5 nitrogen and oxygen atoms in total. The fourth-order valence-corrected chi connectivity index (χ4v) is 3.80. The molecule has 1 aromatic heterocycles. The Morgan fingerprint density at radius 3 is 2.42 bits per heavy atom. The Hall–Kier alpha value is -2.40. The number of pyridine rings is 1. The number of rotatable bonds is 5. The number of aryl methyl sites for hydroxylation is 1. The quantitative estimate of drug-likeness (QED) is 0.896. The number of hydrogen-bond donors (Lipinski definition) is 1. The van der Waals surface area contributed by atoms with E-state index in [2.05, 4.69) is 17.4 Å². The van der Waals surface area contributed by atoms with Crippen molar-refractivity contribution in [2.45, 2.75) is 38.8 Å². The second-order valence-corrected chi connectivity index (χ2v) is 7.54. The highest BCUT2D eigenvalue weighted by Gasteiger charge is 2.25. The van der Waals surface area contributed by atoms with Gasteiger partial charge >= 0.3 is 0 Å². The Morgan fingerprint density at radius 2 is 1.85 bits per heavy atom. The van der Waals surface area contributed by atoms with Crippen LogP contribution >= 0.6 is 0 Å². The number of likely N-dealkylation sites (N-methyl/N-ethyl adjacent to an activating group) is 1. The number of amides is 1. The monoisotopic (exact) mass is 353 g/mol. The van der Waals surface area contributed by atoms with E-state index in [1.165, 1.54) is 11.1 Å². The summed E-state index contributed by atoms with van der Waals surface area (Å²) in [6.45, 7) is 4.55. The first-order valence-electron chi connectivity index (χ1n) is 9.11. The largest absolute Gasteiger partial charge is 0.348 e. The highest BCUT2D eigenvalue weighted by atomic mass is 16.2. The van der Waals surface area contributed by atoms with E-state index in [9.17, 15) is 9.59 Å². The molecule has 1 amide bonds. The third kappa shape index (κ3) is 3.73. The second kappa shape index (κ2) is 7.46. The lowest BCUT2D eigenvalue weighted by Crippen LogP contribution is -2.41. The summed E-state index contributed by atoms with van der Waals surface area (Å²) in [4.78, 5) is 27.8. The molecule has 2 aromatic rings. The first-order valence-corrected chi connectivity index (χ1v) is 9.11. The van der Waals surface area contributed by atoms with Crippen LogP contribution in [-0.2, 0) is 12.8 Å². The van der Waals surface area contributed by atoms with Crippen molar-refractivity contribution in [2.75, 3.05) is 20.6 Å². The van der Waals surface area contributed by atoms with Gasteiger partial charge in [0.1, 0.15) is 5.56 Å². The van der Waals surface area contributed by atoms with E-state index in [-0.39, 0.29) is 29.1 Å². The molecule has 1 atom stereocenters. The lowest BCUT2D eigenvalue weighted by atomic mass is 10.1. The molecule has 5 heteroatoms. The van der Waals surface area contributed by atoms with Gasteiger partial charge in [0.15, 0.2) is 0 Å². The van der Waals surface area contributed by atoms with Crippen LogP contribution in [0.25, 0.3) is 0 Å². The maximum absolute atomic E-state index is 12.9. The van der Waals surface area contributed by atoms with Gasteiger partial charge in [-0.15, -0.1) is 0 Å². The van der Waals surface area contributed by atoms with Crippen molar-refractivity contribution in [1.82, 2.24) is 14.8 Å². The van der Waals surface area contributed by atoms with Crippen molar-refractivity contribution < 1.29 is 4.79 Å². The molecule has 1 aliphatic carbocycles. The van der Waals surface area contributed by atoms with Gasteiger partial charge in [0.05, 0.1) is 0 Å². The van der Waals surface area contributed by atoms with Crippen LogP contribution in [0.5, 0.6) is 0 Å². The Kier molecular flexibility index (Phi) is 5.28. The summed E-state index contributed by atoms with van der Waals surface area (Å²) >= 11 is 0. The van der Waals surface area contributed by atoms with Crippen LogP contribution < -0.4 is 10.9 Å². The predicted octanol–water partition coefficient (Wildman–Crippen LogP) is 2.18. The van der Waals surface area contributed by atoms with Gasteiger partial charge in [-0.2, -0.15) is 0 Å². The van der Waals surface area contributed by atoms with Gasteiger partial charge in [-0.05, 0) is 63.5 Å². The first kappa shape index (κ1) is 18.4. The summed E-state index contributed by atoms with van der Waals surface area (Å²) in [6, 6.07) is 10.2. The predicted molar refractivity (Wildman–Crippen MR) is 104 cm³/mol. The number of carbonyl (C=O) groups excluding carboxylic acids is 1. The summed E-state index contributed by atoms with van der Waals surface area (Å²) in [6.07, 6.45) is 3.42. The molecule has 1 N–H and O–H groups in total. The van der Waals surface area contributed by atoms with E-state index in [1.54, 1.807) is 10.8 Å². The molecule has 3 rings (SSSR count). The molecule has 138 valence electrons. The van der Waals surface area contributed by atoms with Crippen molar-refractivity contribution in [3.8, 4) is 0 Å². The van der Waals surface area contributed by atoms with Gasteiger partial charge in [-0.25, -0.2) is 0 Å². The number of carbonyl (C=O) groups is 1. The Morgan fingerprint density at radius 1 is 1.23 bits per heavy atom. The van der Waals surface area contributed by atoms with Crippen LogP contribution in [-0.4, -0.2) is 42.1 Å². The highest BCUT2D eigenvalue weighted by molar-refractivity contribution is 5.95. The Labute approximate surface area is 154 Å². The normalized spacial score (nSPS) is 15.1. The summed E-state index contributed by atoms with van der Waals surface area (Å²) in [5.41, 5.74) is 3.32. The van der Waals surface area contributed by atoms with Crippen molar-refractivity contribution in [3.05, 3.63) is 69.1 Å². The SMILES string of the molecule is Cc1ccn(C(C)CN(C)C)c(=O)c1C(=O)NC1Cc2ccccc2C1.